The third kappa shape index (κ3) is 7.01. The molecule has 2 amide bonds. The van der Waals surface area contributed by atoms with E-state index in [1.165, 1.54) is 0 Å². The average Bonchev–Trinajstić information content (AvgIpc) is 2.58. The Balaban J connectivity index is 1.71. The van der Waals surface area contributed by atoms with Crippen molar-refractivity contribution in [3.63, 3.8) is 0 Å². The molecule has 1 atom stereocenters. The maximum Gasteiger partial charge on any atom is 0.410 e. The minimum Gasteiger partial charge on any atom is -0.445 e. The number of nitrogens with zero attached hydrogens (tertiary/aromatic N) is 1. The predicted molar refractivity (Wildman–Crippen MR) is 92.2 cm³/mol. The first-order chi connectivity index (χ1) is 11.8. The Labute approximate surface area is 148 Å². The number of nitrogens with one attached hydrogen (secondary N) is 1. The zero-order valence-corrected chi connectivity index (χ0v) is 15.0. The molecule has 0 aromatic heterocycles. The summed E-state index contributed by atoms with van der Waals surface area (Å²) in [5.41, 5.74) is 0.382. The first-order valence-electron chi connectivity index (χ1n) is 8.37. The second-order valence-electron chi connectivity index (χ2n) is 6.86. The molecule has 7 heteroatoms. The van der Waals surface area contributed by atoms with Crippen LogP contribution in [0.25, 0.3) is 0 Å². The van der Waals surface area contributed by atoms with Crippen LogP contribution in [-0.2, 0) is 20.8 Å². The molecule has 0 bridgehead atoms. The van der Waals surface area contributed by atoms with Crippen molar-refractivity contribution in [3.8, 4) is 0 Å². The zero-order chi connectivity index (χ0) is 18.3. The molecule has 0 saturated carbocycles. The third-order valence-corrected chi connectivity index (χ3v) is 3.48. The van der Waals surface area contributed by atoms with E-state index >= 15 is 0 Å². The molecule has 1 N–H and O–H groups in total. The van der Waals surface area contributed by atoms with Gasteiger partial charge in [-0.2, -0.15) is 0 Å². The Morgan fingerprint density at radius 3 is 2.68 bits per heavy atom. The fraction of sp³-hybridized carbons (Fsp3) is 0.556. The normalized spacial score (nSPS) is 17.7. The van der Waals surface area contributed by atoms with Gasteiger partial charge in [-0.05, 0) is 26.3 Å². The highest BCUT2D eigenvalue weighted by Gasteiger charge is 2.28. The molecule has 25 heavy (non-hydrogen) atoms. The maximum absolute atomic E-state index is 12.1. The van der Waals surface area contributed by atoms with Crippen LogP contribution in [0.2, 0.25) is 0 Å². The van der Waals surface area contributed by atoms with Gasteiger partial charge in [-0.25, -0.2) is 9.59 Å². The molecule has 0 aliphatic carbocycles. The molecule has 1 heterocycles. The van der Waals surface area contributed by atoms with Gasteiger partial charge in [0, 0.05) is 13.1 Å². The van der Waals surface area contributed by atoms with Crippen molar-refractivity contribution < 1.29 is 23.8 Å². The lowest BCUT2D eigenvalue weighted by Crippen LogP contribution is -2.50. The number of amides is 2. The molecule has 7 nitrogen and oxygen atoms in total. The predicted octanol–water partition coefficient (Wildman–Crippen LogP) is 2.55. The van der Waals surface area contributed by atoms with E-state index in [1.807, 2.05) is 51.1 Å². The molecule has 2 rings (SSSR count). The second kappa shape index (κ2) is 8.71. The monoisotopic (exact) mass is 350 g/mol. The number of hydrogen-bond donors (Lipinski definition) is 1. The van der Waals surface area contributed by atoms with Gasteiger partial charge in [0.2, 0.25) is 0 Å². The molecule has 0 radical (unpaired) electrons. The Kier molecular flexibility index (Phi) is 6.64. The number of morpholine rings is 1. The van der Waals surface area contributed by atoms with Crippen LogP contribution >= 0.6 is 0 Å². The van der Waals surface area contributed by atoms with Crippen LogP contribution in [0, 0.1) is 0 Å². The van der Waals surface area contributed by atoms with Crippen molar-refractivity contribution in [3.05, 3.63) is 35.9 Å². The van der Waals surface area contributed by atoms with Gasteiger partial charge in [-0.1, -0.05) is 30.3 Å². The van der Waals surface area contributed by atoms with E-state index in [1.54, 1.807) is 4.90 Å². The fourth-order valence-electron chi connectivity index (χ4n) is 2.31. The number of carbonyl (C=O) groups excluding carboxylic acids is 2. The second-order valence-corrected chi connectivity index (χ2v) is 6.86. The van der Waals surface area contributed by atoms with Crippen LogP contribution in [-0.4, -0.2) is 55.0 Å². The molecule has 1 aromatic rings. The summed E-state index contributed by atoms with van der Waals surface area (Å²) in [6.45, 7) is 7.21. The van der Waals surface area contributed by atoms with Gasteiger partial charge in [0.25, 0.3) is 0 Å². The quantitative estimate of drug-likeness (QED) is 0.903. The van der Waals surface area contributed by atoms with E-state index in [4.69, 9.17) is 14.2 Å². The number of carbonyl (C=O) groups is 2. The topological polar surface area (TPSA) is 77.1 Å². The summed E-state index contributed by atoms with van der Waals surface area (Å²) < 4.78 is 16.1. The third-order valence-electron chi connectivity index (χ3n) is 3.48. The van der Waals surface area contributed by atoms with Gasteiger partial charge in [0.05, 0.1) is 19.3 Å². The van der Waals surface area contributed by atoms with Gasteiger partial charge < -0.3 is 24.4 Å². The smallest absolute Gasteiger partial charge is 0.410 e. The summed E-state index contributed by atoms with van der Waals surface area (Å²) in [5, 5.41) is 2.67. The van der Waals surface area contributed by atoms with Crippen LogP contribution in [0.15, 0.2) is 30.3 Å². The van der Waals surface area contributed by atoms with Crippen LogP contribution in [0.3, 0.4) is 0 Å². The molecule has 1 aliphatic heterocycles. The summed E-state index contributed by atoms with van der Waals surface area (Å²) >= 11 is 0. The van der Waals surface area contributed by atoms with Crippen molar-refractivity contribution in [2.75, 3.05) is 26.2 Å². The average molecular weight is 350 g/mol. The SMILES string of the molecule is CC(C)(C)OC(=O)N1CCO[C@H](CNC(=O)OCc2ccccc2)C1. The molecule has 138 valence electrons. The molecule has 1 saturated heterocycles. The highest BCUT2D eigenvalue weighted by molar-refractivity contribution is 5.68. The summed E-state index contributed by atoms with van der Waals surface area (Å²) in [4.78, 5) is 25.5. The van der Waals surface area contributed by atoms with Crippen molar-refractivity contribution in [1.29, 1.82) is 0 Å². The molecule has 0 spiro atoms. The van der Waals surface area contributed by atoms with Gasteiger partial charge >= 0.3 is 12.2 Å². The van der Waals surface area contributed by atoms with Crippen molar-refractivity contribution in [2.45, 2.75) is 39.1 Å². The van der Waals surface area contributed by atoms with Crippen LogP contribution < -0.4 is 5.32 Å². The van der Waals surface area contributed by atoms with E-state index in [0.29, 0.717) is 19.7 Å². The summed E-state index contributed by atoms with van der Waals surface area (Å²) in [7, 11) is 0. The van der Waals surface area contributed by atoms with Crippen LogP contribution in [0.4, 0.5) is 9.59 Å². The number of rotatable bonds is 4. The number of ether oxygens (including phenoxy) is 3. The number of benzene rings is 1. The van der Waals surface area contributed by atoms with E-state index in [0.717, 1.165) is 5.56 Å². The molecular weight excluding hydrogens is 324 g/mol. The van der Waals surface area contributed by atoms with Gasteiger partial charge in [-0.15, -0.1) is 0 Å². The lowest BCUT2D eigenvalue weighted by atomic mass is 10.2. The first-order valence-corrected chi connectivity index (χ1v) is 8.37. The lowest BCUT2D eigenvalue weighted by molar-refractivity contribution is -0.0408. The highest BCUT2D eigenvalue weighted by Crippen LogP contribution is 2.13. The zero-order valence-electron chi connectivity index (χ0n) is 15.0. The van der Waals surface area contributed by atoms with Gasteiger partial charge in [0.1, 0.15) is 12.2 Å². The molecular formula is C18H26N2O5. The standard InChI is InChI=1S/C18H26N2O5/c1-18(2,3)25-17(22)20-9-10-23-15(12-20)11-19-16(21)24-13-14-7-5-4-6-8-14/h4-8,15H,9-13H2,1-3H3,(H,19,21)/t15-/m1/s1. The highest BCUT2D eigenvalue weighted by atomic mass is 16.6. The first kappa shape index (κ1) is 19.1. The van der Waals surface area contributed by atoms with Gasteiger partial charge in [0.15, 0.2) is 0 Å². The fourth-order valence-corrected chi connectivity index (χ4v) is 2.31. The lowest BCUT2D eigenvalue weighted by Gasteiger charge is -2.34. The Morgan fingerprint density at radius 1 is 1.28 bits per heavy atom. The Bertz CT molecular complexity index is 571. The van der Waals surface area contributed by atoms with E-state index in [9.17, 15) is 9.59 Å². The van der Waals surface area contributed by atoms with Crippen LogP contribution in [0.1, 0.15) is 26.3 Å². The largest absolute Gasteiger partial charge is 0.445 e. The number of alkyl carbamates (subject to hydrolysis) is 1. The molecule has 1 aromatic carbocycles. The van der Waals surface area contributed by atoms with E-state index in [2.05, 4.69) is 5.32 Å². The van der Waals surface area contributed by atoms with E-state index < -0.39 is 11.7 Å². The van der Waals surface area contributed by atoms with Gasteiger partial charge in [-0.3, -0.25) is 0 Å². The van der Waals surface area contributed by atoms with Crippen molar-refractivity contribution in [1.82, 2.24) is 10.2 Å². The summed E-state index contributed by atoms with van der Waals surface area (Å²) in [5.74, 6) is 0. The molecule has 1 fully saturated rings. The van der Waals surface area contributed by atoms with Crippen molar-refractivity contribution >= 4 is 12.2 Å². The molecule has 0 unspecified atom stereocenters. The maximum atomic E-state index is 12.1. The summed E-state index contributed by atoms with van der Waals surface area (Å²) in [6, 6.07) is 9.45. The number of hydrogen-bond acceptors (Lipinski definition) is 5. The van der Waals surface area contributed by atoms with E-state index in [-0.39, 0.29) is 25.3 Å². The van der Waals surface area contributed by atoms with Crippen LogP contribution in [0.5, 0.6) is 0 Å². The Hall–Kier alpha value is -2.28. The van der Waals surface area contributed by atoms with Crippen molar-refractivity contribution in [2.24, 2.45) is 0 Å². The minimum atomic E-state index is -0.537. The Morgan fingerprint density at radius 2 is 2.00 bits per heavy atom. The summed E-state index contributed by atoms with van der Waals surface area (Å²) in [6.07, 6.45) is -1.17. The molecule has 1 aliphatic rings. The minimum absolute atomic E-state index is 0.211.